The first-order valence-electron chi connectivity index (χ1n) is 6.42. The van der Waals surface area contributed by atoms with E-state index in [1.54, 1.807) is 0 Å². The fraction of sp³-hybridized carbons (Fsp3) is 0.750. The quantitative estimate of drug-likeness (QED) is 0.803. The number of carbonyl (C=O) groups is 1. The van der Waals surface area contributed by atoms with Crippen molar-refractivity contribution in [2.75, 3.05) is 5.75 Å². The molecule has 1 N–H and O–H groups in total. The monoisotopic (exact) mass is 269 g/mol. The normalized spacial score (nSPS) is 17.4. The Bertz CT molecular complexity index is 435. The van der Waals surface area contributed by atoms with Gasteiger partial charge in [0.2, 0.25) is 0 Å². The third kappa shape index (κ3) is 2.25. The summed E-state index contributed by atoms with van der Waals surface area (Å²) in [5.74, 6) is 0.206. The smallest absolute Gasteiger partial charge is 0.313 e. The highest BCUT2D eigenvalue weighted by Crippen LogP contribution is 2.44. The SMILES string of the molecule is CCc1nnc(SCC(=O)O)n1C1(CC)CCC1. The summed E-state index contributed by atoms with van der Waals surface area (Å²) in [7, 11) is 0. The van der Waals surface area contributed by atoms with Gasteiger partial charge in [0, 0.05) is 12.0 Å². The molecule has 1 fully saturated rings. The first kappa shape index (κ1) is 13.4. The van der Waals surface area contributed by atoms with Crippen molar-refractivity contribution in [2.24, 2.45) is 0 Å². The van der Waals surface area contributed by atoms with E-state index >= 15 is 0 Å². The number of thioether (sulfide) groups is 1. The van der Waals surface area contributed by atoms with Gasteiger partial charge in [-0.3, -0.25) is 9.36 Å². The third-order valence-corrected chi connectivity index (χ3v) is 4.67. The zero-order valence-corrected chi connectivity index (χ0v) is 11.7. The van der Waals surface area contributed by atoms with Crippen molar-refractivity contribution in [1.82, 2.24) is 14.8 Å². The van der Waals surface area contributed by atoms with E-state index in [-0.39, 0.29) is 11.3 Å². The largest absolute Gasteiger partial charge is 0.481 e. The third-order valence-electron chi connectivity index (χ3n) is 3.76. The minimum atomic E-state index is -0.813. The van der Waals surface area contributed by atoms with Gasteiger partial charge in [0.1, 0.15) is 5.82 Å². The van der Waals surface area contributed by atoms with Crippen LogP contribution in [0.1, 0.15) is 45.4 Å². The zero-order chi connectivity index (χ0) is 13.2. The zero-order valence-electron chi connectivity index (χ0n) is 10.8. The molecule has 18 heavy (non-hydrogen) atoms. The molecule has 0 spiro atoms. The maximum absolute atomic E-state index is 10.7. The van der Waals surface area contributed by atoms with Crippen LogP contribution in [0.15, 0.2) is 5.16 Å². The summed E-state index contributed by atoms with van der Waals surface area (Å²) in [6.07, 6.45) is 5.42. The molecule has 0 atom stereocenters. The molecule has 1 aliphatic carbocycles. The van der Waals surface area contributed by atoms with Crippen molar-refractivity contribution >= 4 is 17.7 Å². The van der Waals surface area contributed by atoms with E-state index in [1.807, 2.05) is 0 Å². The summed E-state index contributed by atoms with van der Waals surface area (Å²) in [6, 6.07) is 0. The van der Waals surface area contributed by atoms with Crippen LogP contribution in [0, 0.1) is 0 Å². The van der Waals surface area contributed by atoms with Crippen molar-refractivity contribution in [3.05, 3.63) is 5.82 Å². The summed E-state index contributed by atoms with van der Waals surface area (Å²) in [5, 5.41) is 17.9. The van der Waals surface area contributed by atoms with Crippen LogP contribution in [0.3, 0.4) is 0 Å². The van der Waals surface area contributed by atoms with Gasteiger partial charge in [0.05, 0.1) is 5.75 Å². The maximum Gasteiger partial charge on any atom is 0.313 e. The van der Waals surface area contributed by atoms with E-state index in [4.69, 9.17) is 5.11 Å². The number of nitrogens with zero attached hydrogens (tertiary/aromatic N) is 3. The number of aliphatic carboxylic acids is 1. The first-order chi connectivity index (χ1) is 8.63. The number of carboxylic acid groups (broad SMARTS) is 1. The van der Waals surface area contributed by atoms with Gasteiger partial charge in [0.25, 0.3) is 0 Å². The van der Waals surface area contributed by atoms with Crippen molar-refractivity contribution in [2.45, 2.75) is 56.6 Å². The molecule has 0 aliphatic heterocycles. The van der Waals surface area contributed by atoms with E-state index in [0.29, 0.717) is 0 Å². The van der Waals surface area contributed by atoms with Crippen LogP contribution < -0.4 is 0 Å². The molecular formula is C12H19N3O2S. The number of hydrogen-bond acceptors (Lipinski definition) is 4. The fourth-order valence-electron chi connectivity index (χ4n) is 2.55. The minimum absolute atomic E-state index is 0.0433. The van der Waals surface area contributed by atoms with Gasteiger partial charge in [0.15, 0.2) is 5.16 Å². The lowest BCUT2D eigenvalue weighted by atomic mass is 9.74. The highest BCUT2D eigenvalue weighted by atomic mass is 32.2. The Kier molecular flexibility index (Phi) is 3.94. The molecule has 1 heterocycles. The Morgan fingerprint density at radius 1 is 1.44 bits per heavy atom. The Morgan fingerprint density at radius 2 is 2.17 bits per heavy atom. The molecular weight excluding hydrogens is 250 g/mol. The van der Waals surface area contributed by atoms with Crippen molar-refractivity contribution in [3.8, 4) is 0 Å². The molecule has 2 rings (SSSR count). The second kappa shape index (κ2) is 5.30. The molecule has 1 aromatic rings. The molecule has 0 radical (unpaired) electrons. The Hall–Kier alpha value is -1.04. The fourth-order valence-corrected chi connectivity index (χ4v) is 3.32. The molecule has 0 bridgehead atoms. The summed E-state index contributed by atoms with van der Waals surface area (Å²) in [5.41, 5.74) is 0.135. The highest BCUT2D eigenvalue weighted by molar-refractivity contribution is 7.99. The van der Waals surface area contributed by atoms with Gasteiger partial charge in [-0.05, 0) is 25.7 Å². The molecule has 6 heteroatoms. The summed E-state index contributed by atoms with van der Waals surface area (Å²) in [6.45, 7) is 4.25. The molecule has 1 aromatic heterocycles. The van der Waals surface area contributed by atoms with Crippen LogP contribution in [0.2, 0.25) is 0 Å². The van der Waals surface area contributed by atoms with Crippen LogP contribution >= 0.6 is 11.8 Å². The summed E-state index contributed by atoms with van der Waals surface area (Å²) in [4.78, 5) is 10.7. The molecule has 5 nitrogen and oxygen atoms in total. The standard InChI is InChI=1S/C12H19N3O2S/c1-3-9-13-14-11(18-8-10(16)17)15(9)12(4-2)6-5-7-12/h3-8H2,1-2H3,(H,16,17). The van der Waals surface area contributed by atoms with E-state index in [1.165, 1.54) is 18.2 Å². The molecule has 1 saturated carbocycles. The van der Waals surface area contributed by atoms with E-state index < -0.39 is 5.97 Å². The van der Waals surface area contributed by atoms with Crippen LogP contribution in [-0.4, -0.2) is 31.6 Å². The first-order valence-corrected chi connectivity index (χ1v) is 7.41. The van der Waals surface area contributed by atoms with Gasteiger partial charge < -0.3 is 5.11 Å². The molecule has 0 unspecified atom stereocenters. The number of aryl methyl sites for hydroxylation is 1. The summed E-state index contributed by atoms with van der Waals surface area (Å²) >= 11 is 1.27. The predicted octanol–water partition coefficient (Wildman–Crippen LogP) is 2.31. The predicted molar refractivity (Wildman–Crippen MR) is 69.9 cm³/mol. The van der Waals surface area contributed by atoms with Gasteiger partial charge in [-0.2, -0.15) is 0 Å². The average molecular weight is 269 g/mol. The Morgan fingerprint density at radius 3 is 2.61 bits per heavy atom. The van der Waals surface area contributed by atoms with Crippen LogP contribution in [0.25, 0.3) is 0 Å². The Labute approximate surface area is 111 Å². The van der Waals surface area contributed by atoms with Gasteiger partial charge >= 0.3 is 5.97 Å². The van der Waals surface area contributed by atoms with Gasteiger partial charge in [-0.25, -0.2) is 0 Å². The van der Waals surface area contributed by atoms with Crippen LogP contribution in [0.5, 0.6) is 0 Å². The van der Waals surface area contributed by atoms with Crippen molar-refractivity contribution < 1.29 is 9.90 Å². The van der Waals surface area contributed by atoms with Crippen molar-refractivity contribution in [1.29, 1.82) is 0 Å². The lowest BCUT2D eigenvalue weighted by Crippen LogP contribution is -2.41. The minimum Gasteiger partial charge on any atom is -0.481 e. The number of aromatic nitrogens is 3. The molecule has 1 aliphatic rings. The lowest BCUT2D eigenvalue weighted by Gasteiger charge is -2.43. The highest BCUT2D eigenvalue weighted by Gasteiger charge is 2.40. The second-order valence-corrected chi connectivity index (χ2v) is 5.64. The molecule has 0 aromatic carbocycles. The number of rotatable bonds is 6. The maximum atomic E-state index is 10.7. The van der Waals surface area contributed by atoms with Gasteiger partial charge in [-0.1, -0.05) is 25.6 Å². The van der Waals surface area contributed by atoms with Crippen LogP contribution in [-0.2, 0) is 16.8 Å². The number of hydrogen-bond donors (Lipinski definition) is 1. The lowest BCUT2D eigenvalue weighted by molar-refractivity contribution is -0.133. The van der Waals surface area contributed by atoms with Crippen molar-refractivity contribution in [3.63, 3.8) is 0 Å². The molecule has 0 amide bonds. The topological polar surface area (TPSA) is 68.0 Å². The second-order valence-electron chi connectivity index (χ2n) is 4.70. The van der Waals surface area contributed by atoms with E-state index in [0.717, 1.165) is 36.7 Å². The number of carboxylic acids is 1. The summed E-state index contributed by atoms with van der Waals surface area (Å²) < 4.78 is 2.20. The molecule has 0 saturated heterocycles. The van der Waals surface area contributed by atoms with Gasteiger partial charge in [-0.15, -0.1) is 10.2 Å². The van der Waals surface area contributed by atoms with E-state index in [9.17, 15) is 4.79 Å². The average Bonchev–Trinajstić information content (AvgIpc) is 2.69. The van der Waals surface area contributed by atoms with E-state index in [2.05, 4.69) is 28.6 Å². The Balaban J connectivity index is 2.30. The molecule has 100 valence electrons. The van der Waals surface area contributed by atoms with Crippen LogP contribution in [0.4, 0.5) is 0 Å².